The highest BCUT2D eigenvalue weighted by Gasteiger charge is 2.28. The fourth-order valence-electron chi connectivity index (χ4n) is 4.07. The number of rotatable bonds is 6. The fourth-order valence-corrected chi connectivity index (χ4v) is 4.31. The number of hydrogen-bond donors (Lipinski definition) is 2. The number of ether oxygens (including phenoxy) is 2. The summed E-state index contributed by atoms with van der Waals surface area (Å²) in [5, 5.41) is 6.09. The summed E-state index contributed by atoms with van der Waals surface area (Å²) in [5.41, 5.74) is 3.26. The van der Waals surface area contributed by atoms with Crippen LogP contribution in [-0.4, -0.2) is 25.2 Å². The van der Waals surface area contributed by atoms with Crippen molar-refractivity contribution in [2.75, 3.05) is 17.7 Å². The van der Waals surface area contributed by atoms with E-state index in [1.807, 2.05) is 57.2 Å². The molecule has 0 unspecified atom stereocenters. The van der Waals surface area contributed by atoms with E-state index in [0.717, 1.165) is 36.8 Å². The molecule has 2 aromatic rings. The average Bonchev–Trinajstić information content (AvgIpc) is 2.75. The van der Waals surface area contributed by atoms with Crippen LogP contribution < -0.4 is 15.4 Å². The van der Waals surface area contributed by atoms with Gasteiger partial charge in [-0.1, -0.05) is 23.7 Å². The Labute approximate surface area is 194 Å². The Kier molecular flexibility index (Phi) is 8.02. The standard InChI is InChI=1S/C25H31ClN2O4/c1-15(2)32-24(29)18-8-6-17(7-9-18)19-10-11-21(20(26)14-19)27-25(30)28-22-13-16(3)5-12-23(22)31-4/h5,10-15,17-18H,6-9H2,1-4H3,(H2,27,28,30). The molecule has 0 radical (unpaired) electrons. The lowest BCUT2D eigenvalue weighted by atomic mass is 9.78. The number of esters is 1. The van der Waals surface area contributed by atoms with Gasteiger partial charge in [-0.3, -0.25) is 4.79 Å². The number of carbonyl (C=O) groups is 2. The van der Waals surface area contributed by atoms with Gasteiger partial charge in [-0.25, -0.2) is 4.79 Å². The van der Waals surface area contributed by atoms with Crippen molar-refractivity contribution < 1.29 is 19.1 Å². The van der Waals surface area contributed by atoms with Crippen molar-refractivity contribution in [1.82, 2.24) is 0 Å². The molecule has 172 valence electrons. The van der Waals surface area contributed by atoms with Gasteiger partial charge in [-0.2, -0.15) is 0 Å². The molecule has 1 saturated carbocycles. The predicted molar refractivity (Wildman–Crippen MR) is 128 cm³/mol. The molecule has 1 aliphatic rings. The number of benzene rings is 2. The van der Waals surface area contributed by atoms with Crippen LogP contribution in [0.1, 0.15) is 56.6 Å². The lowest BCUT2D eigenvalue weighted by Crippen LogP contribution is -2.25. The SMILES string of the molecule is COc1ccc(C)cc1NC(=O)Nc1ccc(C2CCC(C(=O)OC(C)C)CC2)cc1Cl. The molecule has 0 bridgehead atoms. The van der Waals surface area contributed by atoms with Crippen molar-refractivity contribution in [2.24, 2.45) is 5.92 Å². The van der Waals surface area contributed by atoms with Crippen LogP contribution in [-0.2, 0) is 9.53 Å². The van der Waals surface area contributed by atoms with Crippen molar-refractivity contribution in [1.29, 1.82) is 0 Å². The Morgan fingerprint density at radius 2 is 1.69 bits per heavy atom. The summed E-state index contributed by atoms with van der Waals surface area (Å²) in [7, 11) is 1.56. The highest BCUT2D eigenvalue weighted by molar-refractivity contribution is 6.33. The van der Waals surface area contributed by atoms with Crippen molar-refractivity contribution in [3.63, 3.8) is 0 Å². The quantitative estimate of drug-likeness (QED) is 0.482. The van der Waals surface area contributed by atoms with E-state index in [4.69, 9.17) is 21.1 Å². The fraction of sp³-hybridized carbons (Fsp3) is 0.440. The Balaban J connectivity index is 1.59. The topological polar surface area (TPSA) is 76.7 Å². The van der Waals surface area contributed by atoms with Gasteiger partial charge in [0.05, 0.1) is 35.5 Å². The number of hydrogen-bond acceptors (Lipinski definition) is 4. The molecule has 2 aromatic carbocycles. The smallest absolute Gasteiger partial charge is 0.323 e. The van der Waals surface area contributed by atoms with Crippen LogP contribution >= 0.6 is 11.6 Å². The first-order valence-electron chi connectivity index (χ1n) is 11.0. The van der Waals surface area contributed by atoms with Crippen LogP contribution in [0.3, 0.4) is 0 Å². The molecule has 6 nitrogen and oxygen atoms in total. The minimum Gasteiger partial charge on any atom is -0.495 e. The van der Waals surface area contributed by atoms with Crippen LogP contribution in [0.15, 0.2) is 36.4 Å². The predicted octanol–water partition coefficient (Wildman–Crippen LogP) is 6.53. The average molecular weight is 459 g/mol. The van der Waals surface area contributed by atoms with Crippen LogP contribution in [0.5, 0.6) is 5.75 Å². The number of aryl methyl sites for hydroxylation is 1. The summed E-state index contributed by atoms with van der Waals surface area (Å²) in [6.07, 6.45) is 3.37. The van der Waals surface area contributed by atoms with Gasteiger partial charge in [0, 0.05) is 0 Å². The Morgan fingerprint density at radius 3 is 2.31 bits per heavy atom. The van der Waals surface area contributed by atoms with Gasteiger partial charge in [0.15, 0.2) is 0 Å². The second kappa shape index (κ2) is 10.7. The van der Waals surface area contributed by atoms with Gasteiger partial charge in [0.2, 0.25) is 0 Å². The number of urea groups is 1. The maximum Gasteiger partial charge on any atom is 0.323 e. The molecule has 7 heteroatoms. The Bertz CT molecular complexity index is 968. The summed E-state index contributed by atoms with van der Waals surface area (Å²) in [4.78, 5) is 24.6. The van der Waals surface area contributed by atoms with Crippen molar-refractivity contribution in [3.8, 4) is 5.75 Å². The summed E-state index contributed by atoms with van der Waals surface area (Å²) >= 11 is 6.47. The van der Waals surface area contributed by atoms with Gasteiger partial charge >= 0.3 is 12.0 Å². The maximum atomic E-state index is 12.5. The van der Waals surface area contributed by atoms with E-state index in [-0.39, 0.29) is 18.0 Å². The van der Waals surface area contributed by atoms with E-state index < -0.39 is 6.03 Å². The molecule has 2 N–H and O–H groups in total. The van der Waals surface area contributed by atoms with E-state index in [9.17, 15) is 9.59 Å². The molecule has 0 spiro atoms. The third-order valence-electron chi connectivity index (χ3n) is 5.73. The third kappa shape index (κ3) is 6.16. The summed E-state index contributed by atoms with van der Waals surface area (Å²) in [5.74, 6) is 0.815. The minimum atomic E-state index is -0.396. The summed E-state index contributed by atoms with van der Waals surface area (Å²) < 4.78 is 10.7. The summed E-state index contributed by atoms with van der Waals surface area (Å²) in [6, 6.07) is 10.9. The molecule has 0 atom stereocenters. The number of halogens is 1. The zero-order valence-corrected chi connectivity index (χ0v) is 19.8. The molecular weight excluding hydrogens is 428 g/mol. The first-order valence-corrected chi connectivity index (χ1v) is 11.4. The van der Waals surface area contributed by atoms with Gasteiger partial charge < -0.3 is 20.1 Å². The second-order valence-corrected chi connectivity index (χ2v) is 8.96. The van der Waals surface area contributed by atoms with Crippen LogP contribution in [0.4, 0.5) is 16.2 Å². The van der Waals surface area contributed by atoms with E-state index in [1.165, 1.54) is 0 Å². The van der Waals surface area contributed by atoms with Gasteiger partial charge in [0.1, 0.15) is 5.75 Å². The largest absolute Gasteiger partial charge is 0.495 e. The molecule has 0 aliphatic heterocycles. The lowest BCUT2D eigenvalue weighted by molar-refractivity contribution is -0.153. The van der Waals surface area contributed by atoms with Crippen molar-refractivity contribution in [2.45, 2.75) is 58.5 Å². The Hall–Kier alpha value is -2.73. The highest BCUT2D eigenvalue weighted by Crippen LogP contribution is 2.38. The lowest BCUT2D eigenvalue weighted by Gasteiger charge is -2.28. The van der Waals surface area contributed by atoms with E-state index in [1.54, 1.807) is 7.11 Å². The van der Waals surface area contributed by atoms with E-state index in [0.29, 0.717) is 28.1 Å². The highest BCUT2D eigenvalue weighted by atomic mass is 35.5. The van der Waals surface area contributed by atoms with Crippen LogP contribution in [0, 0.1) is 12.8 Å². The van der Waals surface area contributed by atoms with Gasteiger partial charge in [-0.15, -0.1) is 0 Å². The zero-order chi connectivity index (χ0) is 23.3. The first-order chi connectivity index (χ1) is 15.3. The van der Waals surface area contributed by atoms with Gasteiger partial charge in [-0.05, 0) is 87.8 Å². The van der Waals surface area contributed by atoms with Crippen LogP contribution in [0.25, 0.3) is 0 Å². The molecule has 1 aliphatic carbocycles. The molecule has 32 heavy (non-hydrogen) atoms. The number of methoxy groups -OCH3 is 1. The summed E-state index contributed by atoms with van der Waals surface area (Å²) in [6.45, 7) is 5.69. The number of anilines is 2. The molecule has 3 rings (SSSR count). The second-order valence-electron chi connectivity index (χ2n) is 8.56. The third-order valence-corrected chi connectivity index (χ3v) is 6.04. The number of carbonyl (C=O) groups excluding carboxylic acids is 2. The van der Waals surface area contributed by atoms with Crippen molar-refractivity contribution in [3.05, 3.63) is 52.5 Å². The number of nitrogens with one attached hydrogen (secondary N) is 2. The maximum absolute atomic E-state index is 12.5. The normalized spacial score (nSPS) is 18.2. The number of amides is 2. The molecular formula is C25H31ClN2O4. The first kappa shape index (κ1) is 23.9. The molecule has 0 saturated heterocycles. The van der Waals surface area contributed by atoms with Crippen LogP contribution in [0.2, 0.25) is 5.02 Å². The molecule has 0 aromatic heterocycles. The monoisotopic (exact) mass is 458 g/mol. The van der Waals surface area contributed by atoms with E-state index >= 15 is 0 Å². The van der Waals surface area contributed by atoms with Gasteiger partial charge in [0.25, 0.3) is 0 Å². The molecule has 2 amide bonds. The molecule has 0 heterocycles. The molecule has 1 fully saturated rings. The minimum absolute atomic E-state index is 0.0210. The van der Waals surface area contributed by atoms with Crippen molar-refractivity contribution >= 4 is 35.0 Å². The van der Waals surface area contributed by atoms with E-state index in [2.05, 4.69) is 10.6 Å². The zero-order valence-electron chi connectivity index (χ0n) is 19.0. The Morgan fingerprint density at radius 1 is 1.00 bits per heavy atom.